The summed E-state index contributed by atoms with van der Waals surface area (Å²) < 4.78 is 18.6. The van der Waals surface area contributed by atoms with Crippen LogP contribution in [0.4, 0.5) is 4.39 Å². The first-order chi connectivity index (χ1) is 11.7. The van der Waals surface area contributed by atoms with E-state index in [2.05, 4.69) is 21.7 Å². The lowest BCUT2D eigenvalue weighted by atomic mass is 10.1. The maximum Gasteiger partial charge on any atom is 0.255 e. The molecule has 0 saturated carbocycles. The molecule has 1 fully saturated rings. The summed E-state index contributed by atoms with van der Waals surface area (Å²) in [6.45, 7) is 2.59. The molecule has 1 unspecified atom stereocenters. The summed E-state index contributed by atoms with van der Waals surface area (Å²) >= 11 is 1.70. The van der Waals surface area contributed by atoms with Gasteiger partial charge in [0, 0.05) is 11.4 Å². The maximum absolute atomic E-state index is 13.5. The lowest BCUT2D eigenvalue weighted by Gasteiger charge is -2.27. The molecule has 0 radical (unpaired) electrons. The second kappa shape index (κ2) is 7.77. The van der Waals surface area contributed by atoms with Gasteiger partial charge in [0.1, 0.15) is 11.6 Å². The number of amides is 1. The fourth-order valence-corrected chi connectivity index (χ4v) is 3.95. The second-order valence-corrected chi connectivity index (χ2v) is 6.81. The van der Waals surface area contributed by atoms with Crippen LogP contribution < -0.4 is 10.1 Å². The average Bonchev–Trinajstić information content (AvgIpc) is 3.29. The third kappa shape index (κ3) is 3.76. The van der Waals surface area contributed by atoms with E-state index in [1.165, 1.54) is 43.0 Å². The molecule has 2 aromatic rings. The summed E-state index contributed by atoms with van der Waals surface area (Å²) in [5.41, 5.74) is 0.226. The Labute approximate surface area is 145 Å². The molecule has 1 N–H and O–H groups in total. The Balaban J connectivity index is 1.72. The molecule has 6 heteroatoms. The quantitative estimate of drug-likeness (QED) is 0.869. The number of halogens is 1. The van der Waals surface area contributed by atoms with Gasteiger partial charge in [0.05, 0.1) is 18.7 Å². The van der Waals surface area contributed by atoms with Crippen LogP contribution in [0.1, 0.15) is 34.1 Å². The fraction of sp³-hybridized carbons (Fsp3) is 0.389. The van der Waals surface area contributed by atoms with Gasteiger partial charge < -0.3 is 10.1 Å². The van der Waals surface area contributed by atoms with E-state index >= 15 is 0 Å². The first-order valence-corrected chi connectivity index (χ1v) is 8.96. The minimum absolute atomic E-state index is 0.163. The normalized spacial score (nSPS) is 16.1. The largest absolute Gasteiger partial charge is 0.496 e. The monoisotopic (exact) mass is 348 g/mol. The van der Waals surface area contributed by atoms with Crippen molar-refractivity contribution in [1.29, 1.82) is 0 Å². The van der Waals surface area contributed by atoms with Crippen molar-refractivity contribution >= 4 is 17.2 Å². The van der Waals surface area contributed by atoms with Crippen molar-refractivity contribution in [3.63, 3.8) is 0 Å². The molecule has 1 amide bonds. The molecule has 24 heavy (non-hydrogen) atoms. The molecule has 3 rings (SSSR count). The van der Waals surface area contributed by atoms with Crippen LogP contribution in [0.2, 0.25) is 0 Å². The van der Waals surface area contributed by atoms with Crippen LogP contribution in [0, 0.1) is 5.82 Å². The van der Waals surface area contributed by atoms with Gasteiger partial charge in [0.25, 0.3) is 5.91 Å². The highest BCUT2D eigenvalue weighted by atomic mass is 32.1. The molecule has 4 nitrogen and oxygen atoms in total. The third-order valence-electron chi connectivity index (χ3n) is 4.32. The summed E-state index contributed by atoms with van der Waals surface area (Å²) in [4.78, 5) is 16.1. The van der Waals surface area contributed by atoms with Gasteiger partial charge in [-0.2, -0.15) is 0 Å². The lowest BCUT2D eigenvalue weighted by molar-refractivity contribution is 0.0935. The van der Waals surface area contributed by atoms with Crippen LogP contribution in [0.5, 0.6) is 5.75 Å². The molecule has 1 aliphatic rings. The molecule has 1 aromatic carbocycles. The fourth-order valence-electron chi connectivity index (χ4n) is 3.09. The number of hydrogen-bond acceptors (Lipinski definition) is 4. The van der Waals surface area contributed by atoms with E-state index in [0.29, 0.717) is 12.3 Å². The van der Waals surface area contributed by atoms with E-state index in [-0.39, 0.29) is 17.5 Å². The second-order valence-electron chi connectivity index (χ2n) is 5.83. The van der Waals surface area contributed by atoms with Crippen LogP contribution in [-0.2, 0) is 0 Å². The Morgan fingerprint density at radius 1 is 1.38 bits per heavy atom. The van der Waals surface area contributed by atoms with Crippen LogP contribution >= 0.6 is 11.3 Å². The molecule has 0 spiro atoms. The predicted octanol–water partition coefficient (Wildman–Crippen LogP) is 3.46. The SMILES string of the molecule is COc1ccc(F)cc1C(=O)NCC(c1cccs1)N1CCCC1. The first-order valence-electron chi connectivity index (χ1n) is 8.08. The standard InChI is InChI=1S/C18H21FN2O2S/c1-23-16-7-6-13(19)11-14(16)18(22)20-12-15(17-5-4-10-24-17)21-8-2-3-9-21/h4-7,10-11,15H,2-3,8-9,12H2,1H3,(H,20,22). The molecule has 0 aliphatic carbocycles. The number of nitrogens with zero attached hydrogens (tertiary/aromatic N) is 1. The van der Waals surface area contributed by atoms with E-state index in [1.54, 1.807) is 11.3 Å². The zero-order chi connectivity index (χ0) is 16.9. The number of carbonyl (C=O) groups is 1. The first kappa shape index (κ1) is 16.9. The number of ether oxygens (including phenoxy) is 1. The smallest absolute Gasteiger partial charge is 0.255 e. The summed E-state index contributed by atoms with van der Waals surface area (Å²) in [7, 11) is 1.47. The highest BCUT2D eigenvalue weighted by Gasteiger charge is 2.25. The van der Waals surface area contributed by atoms with Crippen molar-refractivity contribution in [2.45, 2.75) is 18.9 Å². The van der Waals surface area contributed by atoms with Crippen molar-refractivity contribution in [1.82, 2.24) is 10.2 Å². The summed E-state index contributed by atoms with van der Waals surface area (Å²) in [6.07, 6.45) is 2.38. The number of thiophene rings is 1. The maximum atomic E-state index is 13.5. The molecule has 1 aliphatic heterocycles. The number of methoxy groups -OCH3 is 1. The Kier molecular flexibility index (Phi) is 5.48. The molecule has 128 valence electrons. The van der Waals surface area contributed by atoms with Crippen LogP contribution in [0.15, 0.2) is 35.7 Å². The predicted molar refractivity (Wildman–Crippen MR) is 93.2 cm³/mol. The van der Waals surface area contributed by atoms with E-state index in [4.69, 9.17) is 4.74 Å². The van der Waals surface area contributed by atoms with Crippen molar-refractivity contribution < 1.29 is 13.9 Å². The van der Waals surface area contributed by atoms with Crippen molar-refractivity contribution in [3.05, 3.63) is 52.0 Å². The summed E-state index contributed by atoms with van der Waals surface area (Å²) in [6, 6.07) is 8.26. The van der Waals surface area contributed by atoms with Gasteiger partial charge in [0.15, 0.2) is 0 Å². The molecule has 1 aromatic heterocycles. The van der Waals surface area contributed by atoms with Gasteiger partial charge in [-0.25, -0.2) is 4.39 Å². The topological polar surface area (TPSA) is 41.6 Å². The third-order valence-corrected chi connectivity index (χ3v) is 5.29. The zero-order valence-electron chi connectivity index (χ0n) is 13.6. The van der Waals surface area contributed by atoms with Gasteiger partial charge in [-0.3, -0.25) is 9.69 Å². The highest BCUT2D eigenvalue weighted by Crippen LogP contribution is 2.28. The van der Waals surface area contributed by atoms with Crippen molar-refractivity contribution in [3.8, 4) is 5.75 Å². The van der Waals surface area contributed by atoms with Crippen molar-refractivity contribution in [2.75, 3.05) is 26.7 Å². The lowest BCUT2D eigenvalue weighted by Crippen LogP contribution is -2.36. The van der Waals surface area contributed by atoms with Gasteiger partial charge in [-0.1, -0.05) is 6.07 Å². The van der Waals surface area contributed by atoms with Crippen LogP contribution in [-0.4, -0.2) is 37.6 Å². The minimum Gasteiger partial charge on any atom is -0.496 e. The van der Waals surface area contributed by atoms with E-state index in [1.807, 2.05) is 6.07 Å². The zero-order valence-corrected chi connectivity index (χ0v) is 14.4. The van der Waals surface area contributed by atoms with Gasteiger partial charge in [-0.05, 0) is 55.6 Å². The Morgan fingerprint density at radius 3 is 2.83 bits per heavy atom. The Bertz CT molecular complexity index is 684. The van der Waals surface area contributed by atoms with Crippen LogP contribution in [0.25, 0.3) is 0 Å². The molecule has 1 atom stereocenters. The molecule has 1 saturated heterocycles. The Hall–Kier alpha value is -1.92. The van der Waals surface area contributed by atoms with Crippen LogP contribution in [0.3, 0.4) is 0 Å². The summed E-state index contributed by atoms with van der Waals surface area (Å²) in [5, 5.41) is 5.00. The number of nitrogens with one attached hydrogen (secondary N) is 1. The molecular weight excluding hydrogens is 327 g/mol. The number of benzene rings is 1. The van der Waals surface area contributed by atoms with E-state index in [9.17, 15) is 9.18 Å². The van der Waals surface area contributed by atoms with Crippen molar-refractivity contribution in [2.24, 2.45) is 0 Å². The van der Waals surface area contributed by atoms with E-state index in [0.717, 1.165) is 13.1 Å². The van der Waals surface area contributed by atoms with Gasteiger partial charge in [0.2, 0.25) is 0 Å². The average molecular weight is 348 g/mol. The Morgan fingerprint density at radius 2 is 2.17 bits per heavy atom. The minimum atomic E-state index is -0.449. The number of carbonyl (C=O) groups excluding carboxylic acids is 1. The number of likely N-dealkylation sites (tertiary alicyclic amines) is 1. The van der Waals surface area contributed by atoms with E-state index < -0.39 is 5.82 Å². The molecular formula is C18H21FN2O2S. The van der Waals surface area contributed by atoms with Gasteiger partial charge >= 0.3 is 0 Å². The highest BCUT2D eigenvalue weighted by molar-refractivity contribution is 7.10. The number of hydrogen-bond donors (Lipinski definition) is 1. The van der Waals surface area contributed by atoms with Gasteiger partial charge in [-0.15, -0.1) is 11.3 Å². The number of rotatable bonds is 6. The molecule has 2 heterocycles. The summed E-state index contributed by atoms with van der Waals surface area (Å²) in [5.74, 6) is -0.384. The molecule has 0 bridgehead atoms.